The lowest BCUT2D eigenvalue weighted by molar-refractivity contribution is -0.137. The van der Waals surface area contributed by atoms with Gasteiger partial charge >= 0.3 is 12.2 Å². The Morgan fingerprint density at radius 3 is 2.64 bits per heavy atom. The van der Waals surface area contributed by atoms with Gasteiger partial charge in [-0.05, 0) is 35.5 Å². The van der Waals surface area contributed by atoms with Gasteiger partial charge in [0.15, 0.2) is 5.82 Å². The third-order valence-electron chi connectivity index (χ3n) is 2.87. The fourth-order valence-corrected chi connectivity index (χ4v) is 1.78. The summed E-state index contributed by atoms with van der Waals surface area (Å²) >= 11 is 0. The van der Waals surface area contributed by atoms with E-state index in [1.165, 1.54) is 4.68 Å². The number of rotatable bonds is 5. The van der Waals surface area contributed by atoms with Crippen LogP contribution in [-0.2, 0) is 4.79 Å². The highest BCUT2D eigenvalue weighted by Crippen LogP contribution is 2.14. The molecule has 0 aliphatic carbocycles. The van der Waals surface area contributed by atoms with Crippen molar-refractivity contribution in [1.82, 2.24) is 30.8 Å². The van der Waals surface area contributed by atoms with Crippen LogP contribution >= 0.6 is 0 Å². The molecule has 1 aromatic heterocycles. The molecule has 0 aliphatic heterocycles. The monoisotopic (exact) mass is 357 g/mol. The zero-order valence-electron chi connectivity index (χ0n) is 13.0. The summed E-state index contributed by atoms with van der Waals surface area (Å²) in [5.41, 5.74) is 0.990. The molecule has 1 heterocycles. The summed E-state index contributed by atoms with van der Waals surface area (Å²) in [6, 6.07) is 5.81. The molecular weight excluding hydrogens is 343 g/mol. The number of carbonyl (C=O) groups is 2. The number of anilines is 1. The molecule has 0 atom stereocenters. The lowest BCUT2D eigenvalue weighted by Gasteiger charge is -2.10. The van der Waals surface area contributed by atoms with Crippen LogP contribution in [0.15, 0.2) is 24.3 Å². The summed E-state index contributed by atoms with van der Waals surface area (Å²) in [7, 11) is 0. The Labute approximate surface area is 139 Å². The molecule has 2 aromatic rings. The zero-order chi connectivity index (χ0) is 18.4. The molecule has 0 spiro atoms. The summed E-state index contributed by atoms with van der Waals surface area (Å²) in [5.74, 6) is -0.409. The second-order valence-corrected chi connectivity index (χ2v) is 4.89. The minimum absolute atomic E-state index is 0.389. The van der Waals surface area contributed by atoms with Gasteiger partial charge in [0, 0.05) is 5.69 Å². The number of alkyl halides is 3. The fraction of sp³-hybridized carbons (Fsp3) is 0.308. The first-order chi connectivity index (χ1) is 11.7. The number of aromatic nitrogens is 4. The second-order valence-electron chi connectivity index (χ2n) is 4.89. The van der Waals surface area contributed by atoms with Gasteiger partial charge in [-0.2, -0.15) is 17.9 Å². The number of halogens is 3. The van der Waals surface area contributed by atoms with Gasteiger partial charge in [0.2, 0.25) is 5.91 Å². The van der Waals surface area contributed by atoms with Crippen LogP contribution in [0.1, 0.15) is 5.82 Å². The minimum Gasteiger partial charge on any atom is -0.345 e. The van der Waals surface area contributed by atoms with E-state index in [0.717, 1.165) is 0 Å². The van der Waals surface area contributed by atoms with Crippen LogP contribution in [0.3, 0.4) is 0 Å². The van der Waals surface area contributed by atoms with Crippen LogP contribution in [-0.4, -0.2) is 51.4 Å². The number of hydrogen-bond acceptors (Lipinski definition) is 5. The van der Waals surface area contributed by atoms with Crippen molar-refractivity contribution < 1.29 is 22.8 Å². The lowest BCUT2D eigenvalue weighted by atomic mass is 10.3. The van der Waals surface area contributed by atoms with Crippen molar-refractivity contribution in [2.75, 3.05) is 18.4 Å². The predicted molar refractivity (Wildman–Crippen MR) is 80.0 cm³/mol. The summed E-state index contributed by atoms with van der Waals surface area (Å²) in [6.45, 7) is -0.345. The summed E-state index contributed by atoms with van der Waals surface area (Å²) in [6.07, 6.45) is -4.51. The molecule has 1 aromatic carbocycles. The third kappa shape index (κ3) is 5.75. The maximum atomic E-state index is 12.0. The maximum absolute atomic E-state index is 12.0. The highest BCUT2D eigenvalue weighted by Gasteiger charge is 2.27. The van der Waals surface area contributed by atoms with Crippen LogP contribution < -0.4 is 16.0 Å². The molecule has 3 N–H and O–H groups in total. The van der Waals surface area contributed by atoms with Gasteiger partial charge in [-0.1, -0.05) is 6.07 Å². The van der Waals surface area contributed by atoms with Crippen molar-refractivity contribution in [1.29, 1.82) is 0 Å². The maximum Gasteiger partial charge on any atom is 0.405 e. The molecule has 134 valence electrons. The van der Waals surface area contributed by atoms with E-state index in [1.807, 2.05) is 0 Å². The molecular formula is C13H14F3N7O2. The van der Waals surface area contributed by atoms with Crippen LogP contribution in [0.2, 0.25) is 0 Å². The van der Waals surface area contributed by atoms with E-state index in [1.54, 1.807) is 36.5 Å². The smallest absolute Gasteiger partial charge is 0.345 e. The number of carbonyl (C=O) groups excluding carboxylic acids is 2. The normalized spacial score (nSPS) is 11.0. The molecule has 0 radical (unpaired) electrons. The zero-order valence-corrected chi connectivity index (χ0v) is 13.0. The van der Waals surface area contributed by atoms with Crippen LogP contribution in [0, 0.1) is 6.92 Å². The summed E-state index contributed by atoms with van der Waals surface area (Å²) < 4.78 is 37.3. The van der Waals surface area contributed by atoms with E-state index >= 15 is 0 Å². The van der Waals surface area contributed by atoms with E-state index < -0.39 is 31.2 Å². The summed E-state index contributed by atoms with van der Waals surface area (Å²) in [5, 5.41) is 17.3. The first-order valence-electron chi connectivity index (χ1n) is 6.98. The Morgan fingerprint density at radius 2 is 2.00 bits per heavy atom. The number of tetrazole rings is 1. The highest BCUT2D eigenvalue weighted by molar-refractivity contribution is 5.92. The Kier molecular flexibility index (Phi) is 5.52. The van der Waals surface area contributed by atoms with Gasteiger partial charge < -0.3 is 16.0 Å². The van der Waals surface area contributed by atoms with Gasteiger partial charge in [0.1, 0.15) is 6.54 Å². The van der Waals surface area contributed by atoms with Crippen molar-refractivity contribution in [2.45, 2.75) is 13.1 Å². The number of amides is 3. The van der Waals surface area contributed by atoms with E-state index in [9.17, 15) is 22.8 Å². The first-order valence-corrected chi connectivity index (χ1v) is 6.98. The van der Waals surface area contributed by atoms with Gasteiger partial charge in [-0.3, -0.25) is 4.79 Å². The molecule has 0 unspecified atom stereocenters. The predicted octanol–water partition coefficient (Wildman–Crippen LogP) is 0.771. The third-order valence-corrected chi connectivity index (χ3v) is 2.87. The molecule has 0 saturated heterocycles. The topological polar surface area (TPSA) is 114 Å². The van der Waals surface area contributed by atoms with E-state index in [-0.39, 0.29) is 0 Å². The molecule has 12 heteroatoms. The Balaban J connectivity index is 1.87. The number of benzene rings is 1. The quantitative estimate of drug-likeness (QED) is 0.731. The second kappa shape index (κ2) is 7.59. The molecule has 9 nitrogen and oxygen atoms in total. The molecule has 25 heavy (non-hydrogen) atoms. The van der Waals surface area contributed by atoms with Gasteiger partial charge in [0.05, 0.1) is 12.2 Å². The summed E-state index contributed by atoms with van der Waals surface area (Å²) in [4.78, 5) is 22.9. The molecule has 2 rings (SSSR count). The van der Waals surface area contributed by atoms with Crippen LogP contribution in [0.4, 0.5) is 23.7 Å². The Morgan fingerprint density at radius 1 is 1.24 bits per heavy atom. The number of urea groups is 1. The number of nitrogens with one attached hydrogen (secondary N) is 3. The van der Waals surface area contributed by atoms with Gasteiger partial charge in [-0.25, -0.2) is 4.79 Å². The van der Waals surface area contributed by atoms with E-state index in [4.69, 9.17) is 0 Å². The first kappa shape index (κ1) is 18.2. The Hall–Kier alpha value is -3.18. The van der Waals surface area contributed by atoms with Crippen LogP contribution in [0.5, 0.6) is 0 Å². The number of aryl methyl sites for hydroxylation is 1. The number of nitrogens with zero attached hydrogens (tertiary/aromatic N) is 4. The lowest BCUT2D eigenvalue weighted by Crippen LogP contribution is -2.42. The van der Waals surface area contributed by atoms with E-state index in [2.05, 4.69) is 26.2 Å². The molecule has 0 fully saturated rings. The fourth-order valence-electron chi connectivity index (χ4n) is 1.78. The minimum atomic E-state index is -4.51. The molecule has 3 amide bonds. The van der Waals surface area contributed by atoms with Crippen LogP contribution in [0.25, 0.3) is 5.69 Å². The Bertz CT molecular complexity index is 760. The standard InChI is InChI=1S/C13H14F3N7O2/c1-8-20-21-22-23(8)10-4-2-3-9(5-10)19-12(25)17-6-11(24)18-7-13(14,15)16/h2-5H,6-7H2,1H3,(H,18,24)(H2,17,19,25). The molecule has 0 aliphatic rings. The van der Waals surface area contributed by atoms with Crippen molar-refractivity contribution in [3.63, 3.8) is 0 Å². The highest BCUT2D eigenvalue weighted by atomic mass is 19.4. The van der Waals surface area contributed by atoms with Crippen molar-refractivity contribution in [2.24, 2.45) is 0 Å². The average molecular weight is 357 g/mol. The van der Waals surface area contributed by atoms with Crippen molar-refractivity contribution >= 4 is 17.6 Å². The van der Waals surface area contributed by atoms with Crippen molar-refractivity contribution in [3.8, 4) is 5.69 Å². The number of hydrogen-bond donors (Lipinski definition) is 3. The van der Waals surface area contributed by atoms with E-state index in [0.29, 0.717) is 17.2 Å². The molecule has 0 saturated carbocycles. The van der Waals surface area contributed by atoms with Gasteiger partial charge in [0.25, 0.3) is 0 Å². The SMILES string of the molecule is Cc1nnnn1-c1cccc(NC(=O)NCC(=O)NCC(F)(F)F)c1. The largest absolute Gasteiger partial charge is 0.405 e. The average Bonchev–Trinajstić information content (AvgIpc) is 2.96. The van der Waals surface area contributed by atoms with Gasteiger partial charge in [-0.15, -0.1) is 5.10 Å². The molecule has 0 bridgehead atoms. The van der Waals surface area contributed by atoms with Crippen molar-refractivity contribution in [3.05, 3.63) is 30.1 Å².